The highest BCUT2D eigenvalue weighted by Gasteiger charge is 2.14. The second-order valence-electron chi connectivity index (χ2n) is 6.46. The van der Waals surface area contributed by atoms with Gasteiger partial charge in [-0.2, -0.15) is 5.26 Å². The van der Waals surface area contributed by atoms with Crippen molar-refractivity contribution in [2.75, 3.05) is 12.4 Å². The number of nitriles is 1. The second-order valence-corrected chi connectivity index (χ2v) is 6.46. The van der Waals surface area contributed by atoms with Crippen molar-refractivity contribution < 1.29 is 9.53 Å². The minimum Gasteiger partial charge on any atom is -0.497 e. The van der Waals surface area contributed by atoms with E-state index in [0.717, 1.165) is 16.5 Å². The Morgan fingerprint density at radius 3 is 2.70 bits per heavy atom. The van der Waals surface area contributed by atoms with E-state index in [4.69, 9.17) is 4.74 Å². The minimum absolute atomic E-state index is 0.0458. The SMILES string of the molecule is COc1cccc(NC(=O)/C(C#N)=C\c2cn(C(C)C)c3ccccc23)c1. The van der Waals surface area contributed by atoms with E-state index in [1.807, 2.05) is 36.5 Å². The zero-order chi connectivity index (χ0) is 19.4. The fourth-order valence-electron chi connectivity index (χ4n) is 2.98. The molecule has 0 unspecified atom stereocenters. The smallest absolute Gasteiger partial charge is 0.266 e. The van der Waals surface area contributed by atoms with Crippen LogP contribution in [0.3, 0.4) is 0 Å². The Hall–Kier alpha value is -3.52. The summed E-state index contributed by atoms with van der Waals surface area (Å²) in [7, 11) is 1.56. The Labute approximate surface area is 158 Å². The predicted octanol–water partition coefficient (Wildman–Crippen LogP) is 4.78. The van der Waals surface area contributed by atoms with Crippen LogP contribution < -0.4 is 10.1 Å². The Morgan fingerprint density at radius 1 is 1.22 bits per heavy atom. The summed E-state index contributed by atoms with van der Waals surface area (Å²) in [6.45, 7) is 4.20. The van der Waals surface area contributed by atoms with Gasteiger partial charge in [0, 0.05) is 40.5 Å². The summed E-state index contributed by atoms with van der Waals surface area (Å²) in [5.41, 5.74) is 2.54. The van der Waals surface area contributed by atoms with Crippen molar-refractivity contribution in [3.8, 4) is 11.8 Å². The quantitative estimate of drug-likeness (QED) is 0.527. The third-order valence-corrected chi connectivity index (χ3v) is 4.32. The van der Waals surface area contributed by atoms with Crippen molar-refractivity contribution in [3.05, 3.63) is 65.9 Å². The van der Waals surface area contributed by atoms with Crippen molar-refractivity contribution in [1.82, 2.24) is 4.57 Å². The van der Waals surface area contributed by atoms with Crippen molar-refractivity contribution >= 4 is 28.6 Å². The van der Waals surface area contributed by atoms with Crippen LogP contribution >= 0.6 is 0 Å². The molecule has 2 aromatic carbocycles. The summed E-state index contributed by atoms with van der Waals surface area (Å²) in [4.78, 5) is 12.6. The molecule has 0 atom stereocenters. The molecular formula is C22H21N3O2. The Bertz CT molecular complexity index is 1050. The molecule has 0 bridgehead atoms. The van der Waals surface area contributed by atoms with Crippen LogP contribution in [0.1, 0.15) is 25.5 Å². The van der Waals surface area contributed by atoms with Gasteiger partial charge in [-0.15, -0.1) is 0 Å². The molecule has 27 heavy (non-hydrogen) atoms. The molecule has 0 aliphatic carbocycles. The summed E-state index contributed by atoms with van der Waals surface area (Å²) < 4.78 is 7.29. The number of ether oxygens (including phenoxy) is 1. The first-order valence-electron chi connectivity index (χ1n) is 8.70. The molecule has 5 heteroatoms. The van der Waals surface area contributed by atoms with Crippen LogP contribution in [0.4, 0.5) is 5.69 Å². The van der Waals surface area contributed by atoms with Gasteiger partial charge in [0.2, 0.25) is 0 Å². The highest BCUT2D eigenvalue weighted by molar-refractivity contribution is 6.10. The zero-order valence-corrected chi connectivity index (χ0v) is 15.6. The molecule has 1 amide bonds. The first-order chi connectivity index (χ1) is 13.0. The molecule has 0 saturated carbocycles. The van der Waals surface area contributed by atoms with Crippen molar-refractivity contribution in [2.24, 2.45) is 0 Å². The molecule has 0 aliphatic heterocycles. The molecule has 0 radical (unpaired) electrons. The number of methoxy groups -OCH3 is 1. The summed E-state index contributed by atoms with van der Waals surface area (Å²) in [5, 5.41) is 13.3. The number of para-hydroxylation sites is 1. The third kappa shape index (κ3) is 3.85. The number of rotatable bonds is 5. The summed E-state index contributed by atoms with van der Waals surface area (Å²) in [6.07, 6.45) is 3.61. The molecule has 1 N–H and O–H groups in total. The summed E-state index contributed by atoms with van der Waals surface area (Å²) >= 11 is 0. The summed E-state index contributed by atoms with van der Waals surface area (Å²) in [5.74, 6) is 0.183. The number of carbonyl (C=O) groups is 1. The van der Waals surface area contributed by atoms with Gasteiger partial charge in [0.25, 0.3) is 5.91 Å². The molecule has 3 aromatic rings. The number of hydrogen-bond acceptors (Lipinski definition) is 3. The molecule has 0 saturated heterocycles. The summed E-state index contributed by atoms with van der Waals surface area (Å²) in [6, 6.07) is 17.3. The second kappa shape index (κ2) is 7.79. The van der Waals surface area contributed by atoms with Crippen LogP contribution in [-0.2, 0) is 4.79 Å². The first kappa shape index (κ1) is 18.3. The average Bonchev–Trinajstić information content (AvgIpc) is 3.05. The van der Waals surface area contributed by atoms with E-state index in [0.29, 0.717) is 11.4 Å². The third-order valence-electron chi connectivity index (χ3n) is 4.32. The maximum Gasteiger partial charge on any atom is 0.266 e. The molecule has 136 valence electrons. The number of hydrogen-bond donors (Lipinski definition) is 1. The van der Waals surface area contributed by atoms with Gasteiger partial charge in [0.05, 0.1) is 7.11 Å². The van der Waals surface area contributed by atoms with Crippen LogP contribution in [0.25, 0.3) is 17.0 Å². The van der Waals surface area contributed by atoms with Gasteiger partial charge < -0.3 is 14.6 Å². The van der Waals surface area contributed by atoms with Crippen LogP contribution in [0, 0.1) is 11.3 Å². The van der Waals surface area contributed by atoms with Gasteiger partial charge >= 0.3 is 0 Å². The maximum atomic E-state index is 12.6. The van der Waals surface area contributed by atoms with Crippen molar-refractivity contribution in [1.29, 1.82) is 5.26 Å². The van der Waals surface area contributed by atoms with Crippen molar-refractivity contribution in [3.63, 3.8) is 0 Å². The maximum absolute atomic E-state index is 12.6. The lowest BCUT2D eigenvalue weighted by Crippen LogP contribution is -2.13. The van der Waals surface area contributed by atoms with Crippen LogP contribution in [-0.4, -0.2) is 17.6 Å². The van der Waals surface area contributed by atoms with Gasteiger partial charge in [-0.1, -0.05) is 24.3 Å². The number of benzene rings is 2. The first-order valence-corrected chi connectivity index (χ1v) is 8.70. The van der Waals surface area contributed by atoms with E-state index in [9.17, 15) is 10.1 Å². The molecule has 3 rings (SSSR count). The Morgan fingerprint density at radius 2 is 2.00 bits per heavy atom. The number of nitrogens with zero attached hydrogens (tertiary/aromatic N) is 2. The minimum atomic E-state index is -0.452. The molecule has 0 fully saturated rings. The lowest BCUT2D eigenvalue weighted by atomic mass is 10.1. The topological polar surface area (TPSA) is 67.0 Å². The van der Waals surface area contributed by atoms with Gasteiger partial charge in [-0.25, -0.2) is 0 Å². The van der Waals surface area contributed by atoms with E-state index in [1.54, 1.807) is 37.5 Å². The number of aromatic nitrogens is 1. The molecule has 0 aliphatic rings. The lowest BCUT2D eigenvalue weighted by molar-refractivity contribution is -0.112. The van der Waals surface area contributed by atoms with E-state index < -0.39 is 5.91 Å². The molecule has 5 nitrogen and oxygen atoms in total. The van der Waals surface area contributed by atoms with E-state index in [2.05, 4.69) is 23.7 Å². The van der Waals surface area contributed by atoms with Crippen LogP contribution in [0.15, 0.2) is 60.3 Å². The fourth-order valence-corrected chi connectivity index (χ4v) is 2.98. The largest absolute Gasteiger partial charge is 0.497 e. The van der Waals surface area contributed by atoms with Gasteiger partial charge in [0.1, 0.15) is 17.4 Å². The monoisotopic (exact) mass is 359 g/mol. The number of amides is 1. The van der Waals surface area contributed by atoms with E-state index in [1.165, 1.54) is 0 Å². The number of fused-ring (bicyclic) bond motifs is 1. The molecule has 1 heterocycles. The normalized spacial score (nSPS) is 11.4. The lowest BCUT2D eigenvalue weighted by Gasteiger charge is -2.08. The molecule has 0 spiro atoms. The Kier molecular flexibility index (Phi) is 5.28. The van der Waals surface area contributed by atoms with Crippen LogP contribution in [0.2, 0.25) is 0 Å². The molecular weight excluding hydrogens is 338 g/mol. The average molecular weight is 359 g/mol. The molecule has 1 aromatic heterocycles. The standard InChI is InChI=1S/C22H21N3O2/c1-15(2)25-14-17(20-9-4-5-10-21(20)25)11-16(13-23)22(26)24-18-7-6-8-19(12-18)27-3/h4-12,14-15H,1-3H3,(H,24,26)/b16-11-. The van der Waals surface area contributed by atoms with Gasteiger partial charge in [-0.05, 0) is 38.1 Å². The number of anilines is 1. The highest BCUT2D eigenvalue weighted by atomic mass is 16.5. The zero-order valence-electron chi connectivity index (χ0n) is 15.6. The number of nitrogens with one attached hydrogen (secondary N) is 1. The highest BCUT2D eigenvalue weighted by Crippen LogP contribution is 2.26. The predicted molar refractivity (Wildman–Crippen MR) is 108 cm³/mol. The van der Waals surface area contributed by atoms with Crippen molar-refractivity contribution in [2.45, 2.75) is 19.9 Å². The van der Waals surface area contributed by atoms with Gasteiger partial charge in [0.15, 0.2) is 0 Å². The Balaban J connectivity index is 1.96. The number of carbonyl (C=O) groups excluding carboxylic acids is 1. The van der Waals surface area contributed by atoms with Crippen LogP contribution in [0.5, 0.6) is 5.75 Å². The van der Waals surface area contributed by atoms with E-state index >= 15 is 0 Å². The fraction of sp³-hybridized carbons (Fsp3) is 0.182. The van der Waals surface area contributed by atoms with E-state index in [-0.39, 0.29) is 11.6 Å². The van der Waals surface area contributed by atoms with Gasteiger partial charge in [-0.3, -0.25) is 4.79 Å².